The lowest BCUT2D eigenvalue weighted by molar-refractivity contribution is -0.162. The number of rotatable bonds is 6. The maximum atomic E-state index is 12.3. The first-order chi connectivity index (χ1) is 10.3. The number of carbonyl (C=O) groups excluding carboxylic acids is 2. The molecule has 0 radical (unpaired) electrons. The first kappa shape index (κ1) is 16.6. The summed E-state index contributed by atoms with van der Waals surface area (Å²) in [6.07, 6.45) is 0.386. The second kappa shape index (κ2) is 6.18. The van der Waals surface area contributed by atoms with Crippen LogP contribution in [0, 0.1) is 11.3 Å². The van der Waals surface area contributed by atoms with Crippen molar-refractivity contribution < 1.29 is 19.5 Å². The predicted octanol–water partition coefficient (Wildman–Crippen LogP) is 2.65. The van der Waals surface area contributed by atoms with Gasteiger partial charge in [-0.15, -0.1) is 5.06 Å². The third kappa shape index (κ3) is 3.05. The highest BCUT2D eigenvalue weighted by molar-refractivity contribution is 6.20. The second-order valence-electron chi connectivity index (χ2n) is 6.68. The Balaban J connectivity index is 2.12. The van der Waals surface area contributed by atoms with Gasteiger partial charge >= 0.3 is 0 Å². The third-order valence-electron chi connectivity index (χ3n) is 4.31. The molecule has 0 aliphatic carbocycles. The summed E-state index contributed by atoms with van der Waals surface area (Å²) in [5, 5.41) is 10.1. The van der Waals surface area contributed by atoms with Crippen molar-refractivity contribution in [3.63, 3.8) is 0 Å². The summed E-state index contributed by atoms with van der Waals surface area (Å²) < 4.78 is 0. The first-order valence-corrected chi connectivity index (χ1v) is 7.53. The van der Waals surface area contributed by atoms with E-state index in [1.165, 1.54) is 0 Å². The summed E-state index contributed by atoms with van der Waals surface area (Å²) >= 11 is 0. The molecule has 1 aromatic rings. The fraction of sp³-hybridized carbons (Fsp3) is 0.529. The highest BCUT2D eigenvalue weighted by atomic mass is 16.7. The van der Waals surface area contributed by atoms with Crippen LogP contribution in [0.2, 0.25) is 0 Å². The molecule has 0 saturated carbocycles. The number of amides is 2. The fourth-order valence-corrected chi connectivity index (χ4v) is 2.69. The summed E-state index contributed by atoms with van der Waals surface area (Å²) in [4.78, 5) is 30.3. The fourth-order valence-electron chi connectivity index (χ4n) is 2.69. The predicted molar refractivity (Wildman–Crippen MR) is 82.1 cm³/mol. The molecular formula is C17H23NO4. The quantitative estimate of drug-likeness (QED) is 0.821. The van der Waals surface area contributed by atoms with Crippen molar-refractivity contribution in [2.45, 2.75) is 40.2 Å². The van der Waals surface area contributed by atoms with E-state index in [1.807, 2.05) is 27.7 Å². The van der Waals surface area contributed by atoms with E-state index < -0.39 is 11.8 Å². The number of imide groups is 1. The normalized spacial score (nSPS) is 17.6. The number of fused-ring (bicyclic) bond motifs is 1. The number of hydrogen-bond acceptors (Lipinski definition) is 4. The Bertz CT molecular complexity index is 547. The van der Waals surface area contributed by atoms with Crippen molar-refractivity contribution in [3.8, 4) is 0 Å². The summed E-state index contributed by atoms with van der Waals surface area (Å²) in [7, 11) is 0. The van der Waals surface area contributed by atoms with E-state index in [0.717, 1.165) is 11.5 Å². The van der Waals surface area contributed by atoms with Gasteiger partial charge < -0.3 is 5.11 Å². The molecule has 120 valence electrons. The molecule has 5 nitrogen and oxygen atoms in total. The molecule has 22 heavy (non-hydrogen) atoms. The van der Waals surface area contributed by atoms with Crippen LogP contribution in [0.4, 0.5) is 0 Å². The minimum Gasteiger partial charge on any atom is -0.396 e. The summed E-state index contributed by atoms with van der Waals surface area (Å²) in [5.41, 5.74) is 0.472. The van der Waals surface area contributed by atoms with Crippen molar-refractivity contribution in [1.82, 2.24) is 5.06 Å². The Morgan fingerprint density at radius 3 is 2.09 bits per heavy atom. The van der Waals surface area contributed by atoms with Crippen LogP contribution >= 0.6 is 0 Å². The van der Waals surface area contributed by atoms with Crippen LogP contribution < -0.4 is 0 Å². The molecule has 0 fully saturated rings. The van der Waals surface area contributed by atoms with Gasteiger partial charge in [-0.2, -0.15) is 0 Å². The standard InChI is InChI=1S/C17H23NO4/c1-11(10-19)9-17(3,4)12(2)22-18-15(20)13-7-5-6-8-14(13)16(18)21/h5-8,11-12,19H,9-10H2,1-4H3. The average molecular weight is 305 g/mol. The highest BCUT2D eigenvalue weighted by Crippen LogP contribution is 2.33. The molecule has 2 atom stereocenters. The largest absolute Gasteiger partial charge is 0.396 e. The smallest absolute Gasteiger partial charge is 0.285 e. The molecule has 1 aromatic carbocycles. The van der Waals surface area contributed by atoms with E-state index in [-0.39, 0.29) is 24.0 Å². The maximum absolute atomic E-state index is 12.3. The lowest BCUT2D eigenvalue weighted by Crippen LogP contribution is -2.40. The number of hydrogen-bond donors (Lipinski definition) is 1. The van der Waals surface area contributed by atoms with Crippen LogP contribution in [0.5, 0.6) is 0 Å². The van der Waals surface area contributed by atoms with Crippen LogP contribution in [-0.4, -0.2) is 34.7 Å². The number of aliphatic hydroxyl groups is 1. The van der Waals surface area contributed by atoms with Crippen molar-refractivity contribution in [2.24, 2.45) is 11.3 Å². The molecular weight excluding hydrogens is 282 g/mol. The van der Waals surface area contributed by atoms with Gasteiger partial charge in [-0.1, -0.05) is 32.9 Å². The molecule has 5 heteroatoms. The van der Waals surface area contributed by atoms with E-state index in [9.17, 15) is 14.7 Å². The molecule has 2 amide bonds. The van der Waals surface area contributed by atoms with E-state index in [1.54, 1.807) is 24.3 Å². The Hall–Kier alpha value is -1.72. The molecule has 0 spiro atoms. The molecule has 0 bridgehead atoms. The number of aliphatic hydroxyl groups excluding tert-OH is 1. The molecule has 1 heterocycles. The zero-order valence-electron chi connectivity index (χ0n) is 13.5. The van der Waals surface area contributed by atoms with Crippen LogP contribution in [-0.2, 0) is 4.84 Å². The van der Waals surface area contributed by atoms with Gasteiger partial charge in [-0.3, -0.25) is 14.4 Å². The summed E-state index contributed by atoms with van der Waals surface area (Å²) in [5.74, 6) is -0.708. The molecule has 1 aliphatic heterocycles. The van der Waals surface area contributed by atoms with Gasteiger partial charge in [0.2, 0.25) is 0 Å². The maximum Gasteiger partial charge on any atom is 0.285 e. The lowest BCUT2D eigenvalue weighted by Gasteiger charge is -2.34. The molecule has 0 saturated heterocycles. The number of carbonyl (C=O) groups is 2. The van der Waals surface area contributed by atoms with Crippen molar-refractivity contribution in [2.75, 3.05) is 6.61 Å². The molecule has 2 unspecified atom stereocenters. The Morgan fingerprint density at radius 1 is 1.14 bits per heavy atom. The zero-order valence-corrected chi connectivity index (χ0v) is 13.5. The minimum atomic E-state index is -0.418. The second-order valence-corrected chi connectivity index (χ2v) is 6.68. The third-order valence-corrected chi connectivity index (χ3v) is 4.31. The molecule has 0 aromatic heterocycles. The SMILES string of the molecule is CC(CO)CC(C)(C)C(C)ON1C(=O)c2ccccc2C1=O. The topological polar surface area (TPSA) is 66.8 Å². The van der Waals surface area contributed by atoms with Gasteiger partial charge in [-0.05, 0) is 36.8 Å². The van der Waals surface area contributed by atoms with E-state index in [2.05, 4.69) is 0 Å². The molecule has 2 rings (SSSR count). The Labute approximate surface area is 130 Å². The van der Waals surface area contributed by atoms with Gasteiger partial charge in [-0.25, -0.2) is 0 Å². The number of benzene rings is 1. The van der Waals surface area contributed by atoms with Crippen molar-refractivity contribution >= 4 is 11.8 Å². The average Bonchev–Trinajstić information content (AvgIpc) is 2.72. The molecule has 1 N–H and O–H groups in total. The zero-order chi connectivity index (χ0) is 16.5. The van der Waals surface area contributed by atoms with Crippen molar-refractivity contribution in [1.29, 1.82) is 0 Å². The summed E-state index contributed by atoms with van der Waals surface area (Å²) in [6.45, 7) is 7.90. The summed E-state index contributed by atoms with van der Waals surface area (Å²) in [6, 6.07) is 6.71. The number of hydroxylamine groups is 2. The van der Waals surface area contributed by atoms with Gasteiger partial charge in [0.1, 0.15) is 0 Å². The van der Waals surface area contributed by atoms with Crippen LogP contribution in [0.25, 0.3) is 0 Å². The van der Waals surface area contributed by atoms with Gasteiger partial charge in [0.15, 0.2) is 0 Å². The van der Waals surface area contributed by atoms with Crippen LogP contribution in [0.3, 0.4) is 0 Å². The monoisotopic (exact) mass is 305 g/mol. The van der Waals surface area contributed by atoms with E-state index in [0.29, 0.717) is 11.1 Å². The Morgan fingerprint density at radius 2 is 1.64 bits per heavy atom. The minimum absolute atomic E-state index is 0.100. The highest BCUT2D eigenvalue weighted by Gasteiger charge is 2.40. The van der Waals surface area contributed by atoms with Crippen LogP contribution in [0.1, 0.15) is 54.8 Å². The van der Waals surface area contributed by atoms with Crippen molar-refractivity contribution in [3.05, 3.63) is 35.4 Å². The molecule has 1 aliphatic rings. The Kier molecular flexibility index (Phi) is 4.68. The van der Waals surface area contributed by atoms with E-state index in [4.69, 9.17) is 4.84 Å². The van der Waals surface area contributed by atoms with E-state index >= 15 is 0 Å². The van der Waals surface area contributed by atoms with Gasteiger partial charge in [0.25, 0.3) is 11.8 Å². The first-order valence-electron chi connectivity index (χ1n) is 7.53. The van der Waals surface area contributed by atoms with Crippen LogP contribution in [0.15, 0.2) is 24.3 Å². The van der Waals surface area contributed by atoms with Gasteiger partial charge in [0.05, 0.1) is 17.2 Å². The number of nitrogens with zero attached hydrogens (tertiary/aromatic N) is 1. The lowest BCUT2D eigenvalue weighted by atomic mass is 9.79. The van der Waals surface area contributed by atoms with Gasteiger partial charge in [0, 0.05) is 6.61 Å².